The van der Waals surface area contributed by atoms with E-state index in [0.717, 1.165) is 28.0 Å². The number of aromatic nitrogens is 3. The van der Waals surface area contributed by atoms with Crippen molar-refractivity contribution >= 4 is 22.5 Å². The zero-order valence-electron chi connectivity index (χ0n) is 9.94. The molecule has 0 bridgehead atoms. The molecule has 3 rings (SSSR count). The van der Waals surface area contributed by atoms with Gasteiger partial charge in [-0.1, -0.05) is 29.8 Å². The van der Waals surface area contributed by atoms with Gasteiger partial charge >= 0.3 is 0 Å². The van der Waals surface area contributed by atoms with Crippen molar-refractivity contribution in [3.05, 3.63) is 41.3 Å². The van der Waals surface area contributed by atoms with Crippen molar-refractivity contribution in [2.75, 3.05) is 0 Å². The van der Waals surface area contributed by atoms with Crippen LogP contribution in [0.3, 0.4) is 0 Å². The second kappa shape index (κ2) is 4.15. The lowest BCUT2D eigenvalue weighted by atomic mass is 10.1. The highest BCUT2D eigenvalue weighted by Crippen LogP contribution is 2.30. The fourth-order valence-electron chi connectivity index (χ4n) is 2.16. The summed E-state index contributed by atoms with van der Waals surface area (Å²) in [5, 5.41) is 1.73. The Hall–Kier alpha value is -1.78. The molecule has 0 amide bonds. The molecule has 5 heteroatoms. The average Bonchev–Trinajstić information content (AvgIpc) is 2.93. The van der Waals surface area contributed by atoms with Crippen LogP contribution in [0, 0.1) is 0 Å². The summed E-state index contributed by atoms with van der Waals surface area (Å²) in [6.45, 7) is 0.342. The van der Waals surface area contributed by atoms with Crippen LogP contribution in [0.25, 0.3) is 22.3 Å². The minimum absolute atomic E-state index is 0.342. The molecule has 2 heterocycles. The first-order valence-corrected chi connectivity index (χ1v) is 6.08. The summed E-state index contributed by atoms with van der Waals surface area (Å²) in [7, 11) is 1.89. The Labute approximate surface area is 109 Å². The third kappa shape index (κ3) is 1.54. The van der Waals surface area contributed by atoms with Crippen molar-refractivity contribution in [2.24, 2.45) is 12.8 Å². The Morgan fingerprint density at radius 2 is 2.17 bits per heavy atom. The summed E-state index contributed by atoms with van der Waals surface area (Å²) in [5.74, 6) is 0.831. The lowest BCUT2D eigenvalue weighted by Crippen LogP contribution is -1.97. The third-order valence-electron chi connectivity index (χ3n) is 3.11. The van der Waals surface area contributed by atoms with Crippen molar-refractivity contribution in [2.45, 2.75) is 6.54 Å². The number of aromatic amines is 1. The first-order valence-electron chi connectivity index (χ1n) is 5.70. The van der Waals surface area contributed by atoms with E-state index in [1.807, 2.05) is 36.0 Å². The van der Waals surface area contributed by atoms with Crippen LogP contribution in [0.1, 0.15) is 5.69 Å². The summed E-state index contributed by atoms with van der Waals surface area (Å²) in [5.41, 5.74) is 8.47. The highest BCUT2D eigenvalue weighted by Gasteiger charge is 2.15. The number of rotatable bonds is 2. The number of H-pyrrole nitrogens is 1. The van der Waals surface area contributed by atoms with Gasteiger partial charge in [0.25, 0.3) is 0 Å². The Morgan fingerprint density at radius 1 is 1.39 bits per heavy atom. The van der Waals surface area contributed by atoms with Gasteiger partial charge in [-0.25, -0.2) is 4.98 Å². The van der Waals surface area contributed by atoms with E-state index in [9.17, 15) is 0 Å². The Kier molecular flexibility index (Phi) is 2.61. The van der Waals surface area contributed by atoms with Gasteiger partial charge in [-0.2, -0.15) is 0 Å². The summed E-state index contributed by atoms with van der Waals surface area (Å²) in [4.78, 5) is 7.74. The predicted octanol–water partition coefficient (Wildman–Crippen LogP) is 2.68. The summed E-state index contributed by atoms with van der Waals surface area (Å²) in [6.07, 6.45) is 1.95. The van der Waals surface area contributed by atoms with Crippen LogP contribution in [0.5, 0.6) is 0 Å². The van der Waals surface area contributed by atoms with Crippen molar-refractivity contribution in [1.82, 2.24) is 14.5 Å². The van der Waals surface area contributed by atoms with Crippen LogP contribution in [0.4, 0.5) is 0 Å². The van der Waals surface area contributed by atoms with E-state index in [4.69, 9.17) is 17.3 Å². The molecule has 1 aromatic carbocycles. The molecule has 0 spiro atoms. The van der Waals surface area contributed by atoms with Gasteiger partial charge in [0.15, 0.2) is 0 Å². The van der Waals surface area contributed by atoms with E-state index in [1.165, 1.54) is 0 Å². The Morgan fingerprint density at radius 3 is 2.89 bits per heavy atom. The Balaban J connectivity index is 2.26. The number of nitrogens with one attached hydrogen (secondary N) is 1. The minimum Gasteiger partial charge on any atom is -0.360 e. The zero-order chi connectivity index (χ0) is 12.7. The number of imidazole rings is 1. The van der Waals surface area contributed by atoms with Crippen molar-refractivity contribution in [1.29, 1.82) is 0 Å². The molecule has 0 aliphatic rings. The molecule has 2 aromatic heterocycles. The van der Waals surface area contributed by atoms with Gasteiger partial charge in [-0.3, -0.25) is 0 Å². The molecule has 0 atom stereocenters. The van der Waals surface area contributed by atoms with E-state index >= 15 is 0 Å². The molecule has 0 unspecified atom stereocenters. The van der Waals surface area contributed by atoms with Crippen LogP contribution in [-0.2, 0) is 13.6 Å². The van der Waals surface area contributed by atoms with Crippen molar-refractivity contribution < 1.29 is 0 Å². The lowest BCUT2D eigenvalue weighted by Gasteiger charge is -2.00. The molecular weight excluding hydrogens is 248 g/mol. The van der Waals surface area contributed by atoms with E-state index in [1.54, 1.807) is 0 Å². The van der Waals surface area contributed by atoms with Crippen LogP contribution < -0.4 is 5.73 Å². The van der Waals surface area contributed by atoms with E-state index in [0.29, 0.717) is 11.7 Å². The number of halogens is 1. The molecule has 0 aliphatic carbocycles. The van der Waals surface area contributed by atoms with E-state index < -0.39 is 0 Å². The van der Waals surface area contributed by atoms with Gasteiger partial charge in [-0.15, -0.1) is 0 Å². The fraction of sp³-hybridized carbons (Fsp3) is 0.154. The predicted molar refractivity (Wildman–Crippen MR) is 73.4 cm³/mol. The molecule has 0 saturated carbocycles. The number of hydrogen-bond donors (Lipinski definition) is 2. The number of benzene rings is 1. The monoisotopic (exact) mass is 260 g/mol. The second-order valence-corrected chi connectivity index (χ2v) is 4.54. The number of para-hydroxylation sites is 1. The van der Waals surface area contributed by atoms with Gasteiger partial charge in [0, 0.05) is 36.3 Å². The van der Waals surface area contributed by atoms with E-state index in [2.05, 4.69) is 16.0 Å². The van der Waals surface area contributed by atoms with Gasteiger partial charge in [-0.05, 0) is 6.07 Å². The normalized spacial score (nSPS) is 11.3. The molecular formula is C13H13ClN4. The standard InChI is InChI=1S/C13H13ClN4/c1-18-12(14)11(6-15)17-13(18)9-7-16-10-5-3-2-4-8(9)10/h2-5,7,16H,6,15H2,1H3. The molecule has 0 aliphatic heterocycles. The lowest BCUT2D eigenvalue weighted by molar-refractivity contribution is 0.923. The van der Waals surface area contributed by atoms with Gasteiger partial charge in [0.1, 0.15) is 11.0 Å². The van der Waals surface area contributed by atoms with Crippen molar-refractivity contribution in [3.8, 4) is 11.4 Å². The largest absolute Gasteiger partial charge is 0.360 e. The van der Waals surface area contributed by atoms with Crippen LogP contribution in [0.15, 0.2) is 30.5 Å². The number of hydrogen-bond acceptors (Lipinski definition) is 2. The zero-order valence-corrected chi connectivity index (χ0v) is 10.7. The molecule has 0 saturated heterocycles. The minimum atomic E-state index is 0.342. The maximum absolute atomic E-state index is 6.19. The first kappa shape index (κ1) is 11.3. The maximum Gasteiger partial charge on any atom is 0.143 e. The first-order chi connectivity index (χ1) is 8.72. The topological polar surface area (TPSA) is 59.6 Å². The van der Waals surface area contributed by atoms with Crippen LogP contribution in [-0.4, -0.2) is 14.5 Å². The molecule has 4 nitrogen and oxygen atoms in total. The Bertz CT molecular complexity index is 711. The highest BCUT2D eigenvalue weighted by molar-refractivity contribution is 6.30. The quantitative estimate of drug-likeness (QED) is 0.744. The molecule has 92 valence electrons. The van der Waals surface area contributed by atoms with Crippen LogP contribution >= 0.6 is 11.6 Å². The fourth-order valence-corrected chi connectivity index (χ4v) is 2.36. The molecule has 3 N–H and O–H groups in total. The third-order valence-corrected chi connectivity index (χ3v) is 3.59. The molecule has 18 heavy (non-hydrogen) atoms. The number of nitrogens with two attached hydrogens (primary N) is 1. The van der Waals surface area contributed by atoms with Crippen LogP contribution in [0.2, 0.25) is 5.15 Å². The van der Waals surface area contributed by atoms with E-state index in [-0.39, 0.29) is 0 Å². The van der Waals surface area contributed by atoms with Crippen molar-refractivity contribution in [3.63, 3.8) is 0 Å². The molecule has 3 aromatic rings. The maximum atomic E-state index is 6.19. The number of nitrogens with zero attached hydrogens (tertiary/aromatic N) is 2. The van der Waals surface area contributed by atoms with Gasteiger partial charge < -0.3 is 15.3 Å². The average molecular weight is 261 g/mol. The SMILES string of the molecule is Cn1c(-c2c[nH]c3ccccc23)nc(CN)c1Cl. The summed E-state index contributed by atoms with van der Waals surface area (Å²) < 4.78 is 1.86. The van der Waals surface area contributed by atoms with Gasteiger partial charge in [0.05, 0.1) is 5.69 Å². The van der Waals surface area contributed by atoms with Gasteiger partial charge in [0.2, 0.25) is 0 Å². The second-order valence-electron chi connectivity index (χ2n) is 4.18. The summed E-state index contributed by atoms with van der Waals surface area (Å²) >= 11 is 6.19. The summed E-state index contributed by atoms with van der Waals surface area (Å²) in [6, 6.07) is 8.10. The molecule has 0 fully saturated rings. The smallest absolute Gasteiger partial charge is 0.143 e. The molecule has 0 radical (unpaired) electrons. The highest BCUT2D eigenvalue weighted by atomic mass is 35.5. The number of fused-ring (bicyclic) bond motifs is 1.